The zero-order valence-electron chi connectivity index (χ0n) is 11.9. The number of ether oxygens (including phenoxy) is 1. The zero-order chi connectivity index (χ0) is 15.1. The molecule has 6 heteroatoms. The highest BCUT2D eigenvalue weighted by molar-refractivity contribution is 7.89. The molecule has 0 aliphatic rings. The van der Waals surface area contributed by atoms with Gasteiger partial charge in [-0.2, -0.15) is 0 Å². The normalized spacial score (nSPS) is 11.5. The minimum Gasteiger partial charge on any atom is -0.497 e. The zero-order valence-corrected chi connectivity index (χ0v) is 13.5. The topological polar surface area (TPSA) is 55.4 Å². The van der Waals surface area contributed by atoms with Gasteiger partial charge >= 0.3 is 0 Å². The predicted molar refractivity (Wildman–Crippen MR) is 86.5 cm³/mol. The summed E-state index contributed by atoms with van der Waals surface area (Å²) in [6.45, 7) is 0.445. The maximum atomic E-state index is 11.9. The van der Waals surface area contributed by atoms with E-state index in [2.05, 4.69) is 4.72 Å². The van der Waals surface area contributed by atoms with Crippen LogP contribution in [0.3, 0.4) is 0 Å². The number of hydrogen-bond donors (Lipinski definition) is 1. The Hall–Kier alpha value is -1.37. The second kappa shape index (κ2) is 7.59. The molecular weight excluding hydrogens is 306 g/mol. The Labute approximate surface area is 129 Å². The van der Waals surface area contributed by atoms with Crippen molar-refractivity contribution in [2.24, 2.45) is 0 Å². The average Bonchev–Trinajstić information content (AvgIpc) is 2.99. The fourth-order valence-corrected chi connectivity index (χ4v) is 3.71. The minimum absolute atomic E-state index is 0.0879. The molecule has 0 amide bonds. The van der Waals surface area contributed by atoms with Crippen molar-refractivity contribution in [3.63, 3.8) is 0 Å². The van der Waals surface area contributed by atoms with Crippen LogP contribution in [0.1, 0.15) is 10.4 Å². The van der Waals surface area contributed by atoms with E-state index in [0.717, 1.165) is 17.7 Å². The molecule has 21 heavy (non-hydrogen) atoms. The fourth-order valence-electron chi connectivity index (χ4n) is 1.94. The lowest BCUT2D eigenvalue weighted by Gasteiger charge is -2.07. The van der Waals surface area contributed by atoms with Gasteiger partial charge in [0.1, 0.15) is 5.75 Å². The van der Waals surface area contributed by atoms with E-state index in [1.807, 2.05) is 41.8 Å². The molecule has 0 aliphatic heterocycles. The van der Waals surface area contributed by atoms with Crippen LogP contribution in [0, 0.1) is 0 Å². The largest absolute Gasteiger partial charge is 0.497 e. The first kappa shape index (κ1) is 16.0. The van der Waals surface area contributed by atoms with Crippen molar-refractivity contribution in [2.45, 2.75) is 12.8 Å². The average molecular weight is 325 g/mol. The van der Waals surface area contributed by atoms with Gasteiger partial charge in [0.2, 0.25) is 10.0 Å². The van der Waals surface area contributed by atoms with Crippen molar-refractivity contribution >= 4 is 21.4 Å². The molecule has 0 radical (unpaired) electrons. The smallest absolute Gasteiger partial charge is 0.211 e. The summed E-state index contributed by atoms with van der Waals surface area (Å²) < 4.78 is 31.7. The Morgan fingerprint density at radius 1 is 1.19 bits per heavy atom. The van der Waals surface area contributed by atoms with E-state index < -0.39 is 10.0 Å². The van der Waals surface area contributed by atoms with Gasteiger partial charge in [0.05, 0.1) is 12.9 Å². The Bertz CT molecular complexity index is 651. The van der Waals surface area contributed by atoms with E-state index in [1.54, 1.807) is 18.4 Å². The maximum absolute atomic E-state index is 11.9. The van der Waals surface area contributed by atoms with E-state index in [1.165, 1.54) is 4.88 Å². The monoisotopic (exact) mass is 325 g/mol. The number of benzene rings is 1. The molecule has 0 spiro atoms. The summed E-state index contributed by atoms with van der Waals surface area (Å²) in [6, 6.07) is 11.5. The third kappa shape index (κ3) is 5.49. The number of nitrogens with one attached hydrogen (secondary N) is 1. The Kier molecular flexibility index (Phi) is 5.78. The van der Waals surface area contributed by atoms with Crippen LogP contribution < -0.4 is 9.46 Å². The summed E-state index contributed by atoms with van der Waals surface area (Å²) in [5.41, 5.74) is 0.956. The quantitative estimate of drug-likeness (QED) is 0.811. The molecule has 4 nitrogen and oxygen atoms in total. The summed E-state index contributed by atoms with van der Waals surface area (Å²) in [6.07, 6.45) is 1.21. The van der Waals surface area contributed by atoms with Crippen molar-refractivity contribution in [1.82, 2.24) is 4.72 Å². The summed E-state index contributed by atoms with van der Waals surface area (Å²) in [5, 5.41) is 1.99. The van der Waals surface area contributed by atoms with Gasteiger partial charge in [-0.15, -0.1) is 11.3 Å². The number of methoxy groups -OCH3 is 1. The van der Waals surface area contributed by atoms with Crippen molar-refractivity contribution in [3.05, 3.63) is 52.2 Å². The maximum Gasteiger partial charge on any atom is 0.211 e. The van der Waals surface area contributed by atoms with Gasteiger partial charge in [0.15, 0.2) is 0 Å². The van der Waals surface area contributed by atoms with Crippen molar-refractivity contribution < 1.29 is 13.2 Å². The van der Waals surface area contributed by atoms with Gasteiger partial charge in [-0.3, -0.25) is 0 Å². The molecule has 0 saturated carbocycles. The van der Waals surface area contributed by atoms with Crippen LogP contribution in [-0.2, 0) is 22.9 Å². The third-order valence-electron chi connectivity index (χ3n) is 3.07. The molecule has 0 fully saturated rings. The fraction of sp³-hybridized carbons (Fsp3) is 0.333. The lowest BCUT2D eigenvalue weighted by Crippen LogP contribution is -2.29. The van der Waals surface area contributed by atoms with E-state index in [9.17, 15) is 8.42 Å². The van der Waals surface area contributed by atoms with Crippen LogP contribution in [-0.4, -0.2) is 27.8 Å². The predicted octanol–water partition coefficient (Wildman–Crippen LogP) is 2.46. The van der Waals surface area contributed by atoms with Crippen LogP contribution in [0.15, 0.2) is 41.8 Å². The molecule has 1 aromatic carbocycles. The van der Waals surface area contributed by atoms with Crippen LogP contribution in [0.5, 0.6) is 5.75 Å². The van der Waals surface area contributed by atoms with E-state index in [0.29, 0.717) is 13.0 Å². The van der Waals surface area contributed by atoms with Crippen LogP contribution in [0.2, 0.25) is 0 Å². The number of aryl methyl sites for hydroxylation is 1. The second-order valence-electron chi connectivity index (χ2n) is 4.64. The molecule has 0 saturated heterocycles. The molecule has 1 N–H and O–H groups in total. The summed E-state index contributed by atoms with van der Waals surface area (Å²) >= 11 is 1.64. The highest BCUT2D eigenvalue weighted by atomic mass is 32.2. The van der Waals surface area contributed by atoms with Crippen molar-refractivity contribution in [1.29, 1.82) is 0 Å². The van der Waals surface area contributed by atoms with Gasteiger partial charge in [0, 0.05) is 11.4 Å². The first-order valence-corrected chi connectivity index (χ1v) is 9.25. The van der Waals surface area contributed by atoms with Gasteiger partial charge in [-0.25, -0.2) is 13.1 Å². The molecule has 0 unspecified atom stereocenters. The van der Waals surface area contributed by atoms with Crippen LogP contribution >= 0.6 is 11.3 Å². The van der Waals surface area contributed by atoms with Crippen molar-refractivity contribution in [3.8, 4) is 5.75 Å². The lowest BCUT2D eigenvalue weighted by molar-refractivity contribution is 0.414. The van der Waals surface area contributed by atoms with Crippen LogP contribution in [0.4, 0.5) is 0 Å². The van der Waals surface area contributed by atoms with Gasteiger partial charge in [-0.1, -0.05) is 18.2 Å². The number of hydrogen-bond acceptors (Lipinski definition) is 4. The van der Waals surface area contributed by atoms with Gasteiger partial charge in [-0.05, 0) is 42.0 Å². The molecule has 1 heterocycles. The summed E-state index contributed by atoms with van der Waals surface area (Å²) in [7, 11) is -1.64. The van der Waals surface area contributed by atoms with E-state index >= 15 is 0 Å². The molecule has 114 valence electrons. The third-order valence-corrected chi connectivity index (χ3v) is 5.39. The minimum atomic E-state index is -3.24. The molecular formula is C15H19NO3S2. The highest BCUT2D eigenvalue weighted by Crippen LogP contribution is 2.13. The molecule has 2 aromatic rings. The summed E-state index contributed by atoms with van der Waals surface area (Å²) in [4.78, 5) is 1.19. The first-order chi connectivity index (χ1) is 10.1. The molecule has 2 rings (SSSR count). The lowest BCUT2D eigenvalue weighted by atomic mass is 10.2. The summed E-state index contributed by atoms with van der Waals surface area (Å²) in [5.74, 6) is 0.834. The van der Waals surface area contributed by atoms with E-state index in [-0.39, 0.29) is 5.75 Å². The molecule has 0 aliphatic carbocycles. The standard InChI is InChI=1S/C15H19NO3S2/c1-19-14-5-2-4-13(12-14)8-11-21(17,18)16-9-7-15-6-3-10-20-15/h2-6,10,12,16H,7-9,11H2,1H3. The van der Waals surface area contributed by atoms with E-state index in [4.69, 9.17) is 4.74 Å². The highest BCUT2D eigenvalue weighted by Gasteiger charge is 2.10. The first-order valence-electron chi connectivity index (χ1n) is 6.72. The SMILES string of the molecule is COc1cccc(CCS(=O)(=O)NCCc2cccs2)c1. The van der Waals surface area contributed by atoms with Crippen LogP contribution in [0.25, 0.3) is 0 Å². The number of rotatable bonds is 8. The number of sulfonamides is 1. The Morgan fingerprint density at radius 3 is 2.76 bits per heavy atom. The van der Waals surface area contributed by atoms with Crippen molar-refractivity contribution in [2.75, 3.05) is 19.4 Å². The Morgan fingerprint density at radius 2 is 2.05 bits per heavy atom. The van der Waals surface area contributed by atoms with Gasteiger partial charge < -0.3 is 4.74 Å². The molecule has 1 aromatic heterocycles. The number of thiophene rings is 1. The van der Waals surface area contributed by atoms with Gasteiger partial charge in [0.25, 0.3) is 0 Å². The second-order valence-corrected chi connectivity index (χ2v) is 7.60. The molecule has 0 atom stereocenters. The molecule has 0 bridgehead atoms. The Balaban J connectivity index is 1.80.